The van der Waals surface area contributed by atoms with Crippen molar-refractivity contribution in [3.05, 3.63) is 53.8 Å². The van der Waals surface area contributed by atoms with Crippen molar-refractivity contribution in [2.24, 2.45) is 0 Å². The van der Waals surface area contributed by atoms with E-state index < -0.39 is 0 Å². The second-order valence-electron chi connectivity index (χ2n) is 8.02. The van der Waals surface area contributed by atoms with E-state index in [2.05, 4.69) is 76.9 Å². The van der Waals surface area contributed by atoms with Crippen molar-refractivity contribution in [2.45, 2.75) is 58.4 Å². The molecule has 2 rings (SSSR count). The van der Waals surface area contributed by atoms with Gasteiger partial charge in [-0.25, -0.2) is 0 Å². The molecule has 1 N–H and O–H groups in total. The number of hydrogen-bond acceptors (Lipinski definition) is 2. The zero-order valence-electron chi connectivity index (χ0n) is 14.6. The maximum atomic E-state index is 7.69. The van der Waals surface area contributed by atoms with E-state index in [0.717, 1.165) is 0 Å². The minimum atomic E-state index is -0.00779. The molecule has 0 bridgehead atoms. The van der Waals surface area contributed by atoms with Gasteiger partial charge in [-0.15, -0.1) is 0 Å². The molecule has 2 heteroatoms. The molecule has 0 amide bonds. The molecule has 1 aliphatic rings. The molecule has 2 nitrogen and oxygen atoms in total. The van der Waals surface area contributed by atoms with Crippen molar-refractivity contribution in [2.75, 3.05) is 4.90 Å². The Kier molecular flexibility index (Phi) is 4.32. The molecule has 22 heavy (non-hydrogen) atoms. The summed E-state index contributed by atoms with van der Waals surface area (Å²) in [5.74, 6) is 0. The number of anilines is 1. The molecule has 0 aromatic heterocycles. The van der Waals surface area contributed by atoms with Gasteiger partial charge in [0.2, 0.25) is 0 Å². The van der Waals surface area contributed by atoms with Gasteiger partial charge in [-0.2, -0.15) is 0 Å². The highest BCUT2D eigenvalue weighted by molar-refractivity contribution is 5.75. The lowest BCUT2D eigenvalue weighted by atomic mass is 9.79. The van der Waals surface area contributed by atoms with Gasteiger partial charge in [0.25, 0.3) is 0 Å². The van der Waals surface area contributed by atoms with Crippen LogP contribution in [0.15, 0.2) is 42.6 Å². The molecule has 0 spiro atoms. The van der Waals surface area contributed by atoms with E-state index in [1.54, 1.807) is 0 Å². The number of hydrogen-bond donors (Lipinski definition) is 1. The Labute approximate surface area is 135 Å². The lowest BCUT2D eigenvalue weighted by Crippen LogP contribution is -2.33. The van der Waals surface area contributed by atoms with E-state index in [-0.39, 0.29) is 16.9 Å². The van der Waals surface area contributed by atoms with Crippen molar-refractivity contribution >= 4 is 11.9 Å². The van der Waals surface area contributed by atoms with Crippen LogP contribution < -0.4 is 4.90 Å². The molecule has 1 aliphatic heterocycles. The smallest absolute Gasteiger partial charge is 0.0867 e. The zero-order valence-corrected chi connectivity index (χ0v) is 14.6. The van der Waals surface area contributed by atoms with E-state index in [4.69, 9.17) is 5.41 Å². The van der Waals surface area contributed by atoms with Crippen molar-refractivity contribution in [3.63, 3.8) is 0 Å². The molecule has 1 atom stereocenters. The molecule has 0 saturated carbocycles. The maximum absolute atomic E-state index is 7.69. The lowest BCUT2D eigenvalue weighted by Gasteiger charge is -2.34. The molecular formula is C20H28N2. The SMILES string of the molecule is CC(C)(C)c1ccc(N2C=CC=CC2C=N)c(C(C)(C)C)c1. The summed E-state index contributed by atoms with van der Waals surface area (Å²) in [7, 11) is 0. The first-order valence-electron chi connectivity index (χ1n) is 7.93. The predicted octanol–water partition coefficient (Wildman–Crippen LogP) is 5.19. The highest BCUT2D eigenvalue weighted by atomic mass is 15.1. The Balaban J connectivity index is 2.58. The van der Waals surface area contributed by atoms with Crippen LogP contribution in [0.2, 0.25) is 0 Å². The van der Waals surface area contributed by atoms with E-state index in [1.165, 1.54) is 23.0 Å². The van der Waals surface area contributed by atoms with Crippen molar-refractivity contribution in [3.8, 4) is 0 Å². The predicted molar refractivity (Wildman–Crippen MR) is 97.2 cm³/mol. The Morgan fingerprint density at radius 2 is 1.68 bits per heavy atom. The van der Waals surface area contributed by atoms with Crippen LogP contribution in [0.25, 0.3) is 0 Å². The molecule has 1 aromatic carbocycles. The topological polar surface area (TPSA) is 27.1 Å². The molecular weight excluding hydrogens is 268 g/mol. The van der Waals surface area contributed by atoms with Gasteiger partial charge in [0, 0.05) is 18.1 Å². The van der Waals surface area contributed by atoms with Crippen molar-refractivity contribution in [1.29, 1.82) is 5.41 Å². The number of rotatable bonds is 2. The Morgan fingerprint density at radius 1 is 1.00 bits per heavy atom. The van der Waals surface area contributed by atoms with E-state index >= 15 is 0 Å². The maximum Gasteiger partial charge on any atom is 0.0867 e. The van der Waals surface area contributed by atoms with Gasteiger partial charge >= 0.3 is 0 Å². The Bertz CT molecular complexity index is 610. The van der Waals surface area contributed by atoms with Crippen LogP contribution in [-0.4, -0.2) is 12.3 Å². The minimum absolute atomic E-state index is 0.00779. The molecule has 1 heterocycles. The molecule has 1 aromatic rings. The third-order valence-electron chi connectivity index (χ3n) is 4.11. The minimum Gasteiger partial charge on any atom is -0.336 e. The van der Waals surface area contributed by atoms with E-state index in [1.807, 2.05) is 12.2 Å². The third kappa shape index (κ3) is 3.32. The van der Waals surface area contributed by atoms with Crippen molar-refractivity contribution < 1.29 is 0 Å². The average molecular weight is 296 g/mol. The second kappa shape index (κ2) is 5.75. The van der Waals surface area contributed by atoms with Gasteiger partial charge in [0.1, 0.15) is 0 Å². The van der Waals surface area contributed by atoms with Gasteiger partial charge in [-0.1, -0.05) is 65.8 Å². The largest absolute Gasteiger partial charge is 0.336 e. The van der Waals surface area contributed by atoms with Crippen LogP contribution in [0.5, 0.6) is 0 Å². The summed E-state index contributed by atoms with van der Waals surface area (Å²) >= 11 is 0. The summed E-state index contributed by atoms with van der Waals surface area (Å²) in [6.07, 6.45) is 9.65. The highest BCUT2D eigenvalue weighted by Gasteiger charge is 2.26. The second-order valence-corrected chi connectivity index (χ2v) is 8.02. The Hall–Kier alpha value is -1.83. The molecule has 0 fully saturated rings. The zero-order chi connectivity index (χ0) is 16.5. The molecule has 1 unspecified atom stereocenters. The fraction of sp³-hybridized carbons (Fsp3) is 0.450. The van der Waals surface area contributed by atoms with E-state index in [0.29, 0.717) is 0 Å². The number of nitrogens with zero attached hydrogens (tertiary/aromatic N) is 1. The molecule has 0 aliphatic carbocycles. The van der Waals surface area contributed by atoms with Gasteiger partial charge in [-0.3, -0.25) is 0 Å². The van der Waals surface area contributed by atoms with Crippen LogP contribution in [-0.2, 0) is 10.8 Å². The van der Waals surface area contributed by atoms with Gasteiger partial charge in [-0.05, 0) is 34.1 Å². The highest BCUT2D eigenvalue weighted by Crippen LogP contribution is 2.37. The molecule has 118 valence electrons. The van der Waals surface area contributed by atoms with Gasteiger partial charge in [0.05, 0.1) is 6.04 Å². The Morgan fingerprint density at radius 3 is 2.23 bits per heavy atom. The lowest BCUT2D eigenvalue weighted by molar-refractivity contribution is 0.568. The van der Waals surface area contributed by atoms with Crippen LogP contribution in [0, 0.1) is 5.41 Å². The normalized spacial score (nSPS) is 18.6. The first kappa shape index (κ1) is 16.5. The number of nitrogens with one attached hydrogen (secondary N) is 1. The van der Waals surface area contributed by atoms with Crippen LogP contribution >= 0.6 is 0 Å². The first-order valence-corrected chi connectivity index (χ1v) is 7.93. The molecule has 0 radical (unpaired) electrons. The number of benzene rings is 1. The molecule has 0 saturated heterocycles. The third-order valence-corrected chi connectivity index (χ3v) is 4.11. The summed E-state index contributed by atoms with van der Waals surface area (Å²) in [4.78, 5) is 2.18. The standard InChI is InChI=1S/C20H28N2/c1-19(2,3)15-10-11-18(17(13-15)20(4,5)6)22-12-8-7-9-16(22)14-21/h7-14,16,21H,1-6H3. The fourth-order valence-corrected chi connectivity index (χ4v) is 2.72. The van der Waals surface area contributed by atoms with Crippen molar-refractivity contribution in [1.82, 2.24) is 0 Å². The van der Waals surface area contributed by atoms with Gasteiger partial charge < -0.3 is 10.3 Å². The van der Waals surface area contributed by atoms with Gasteiger partial charge in [0.15, 0.2) is 0 Å². The summed E-state index contributed by atoms with van der Waals surface area (Å²) in [6, 6.07) is 6.76. The number of allylic oxidation sites excluding steroid dienone is 2. The summed E-state index contributed by atoms with van der Waals surface area (Å²) < 4.78 is 0. The van der Waals surface area contributed by atoms with Crippen LogP contribution in [0.3, 0.4) is 0 Å². The monoisotopic (exact) mass is 296 g/mol. The first-order chi connectivity index (χ1) is 10.1. The van der Waals surface area contributed by atoms with Crippen LogP contribution in [0.1, 0.15) is 52.7 Å². The quantitative estimate of drug-likeness (QED) is 0.747. The van der Waals surface area contributed by atoms with E-state index in [9.17, 15) is 0 Å². The van der Waals surface area contributed by atoms with Crippen LogP contribution in [0.4, 0.5) is 5.69 Å². The summed E-state index contributed by atoms with van der Waals surface area (Å²) in [5.41, 5.74) is 4.06. The summed E-state index contributed by atoms with van der Waals surface area (Å²) in [6.45, 7) is 13.5. The fourth-order valence-electron chi connectivity index (χ4n) is 2.72. The summed E-state index contributed by atoms with van der Waals surface area (Å²) in [5, 5.41) is 7.69. The average Bonchev–Trinajstić information content (AvgIpc) is 2.44.